The number of aliphatic hydroxyl groups excluding tert-OH is 1. The van der Waals surface area contributed by atoms with Crippen LogP contribution in [0.3, 0.4) is 0 Å². The topological polar surface area (TPSA) is 64.1 Å². The maximum absolute atomic E-state index is 10.7. The third-order valence-electron chi connectivity index (χ3n) is 4.42. The largest absolute Gasteiger partial charge is 0.384 e. The van der Waals surface area contributed by atoms with E-state index in [2.05, 4.69) is 5.16 Å². The van der Waals surface area contributed by atoms with Crippen molar-refractivity contribution in [3.63, 3.8) is 0 Å². The van der Waals surface area contributed by atoms with Gasteiger partial charge >= 0.3 is 0 Å². The third-order valence-corrected chi connectivity index (χ3v) is 4.42. The average molecular weight is 303 g/mol. The predicted molar refractivity (Wildman–Crippen MR) is 84.8 cm³/mol. The summed E-state index contributed by atoms with van der Waals surface area (Å²) in [6.07, 6.45) is 0.942. The second-order valence-corrected chi connectivity index (χ2v) is 5.73. The molecular weight excluding hydrogens is 290 g/mol. The Bertz CT molecular complexity index is 1020. The molecule has 0 amide bonds. The van der Waals surface area contributed by atoms with Gasteiger partial charge < -0.3 is 9.63 Å². The van der Waals surface area contributed by atoms with E-state index in [0.29, 0.717) is 6.54 Å². The van der Waals surface area contributed by atoms with Crippen molar-refractivity contribution in [2.45, 2.75) is 12.6 Å². The Kier molecular flexibility index (Phi) is 2.49. The molecule has 2 heterocycles. The van der Waals surface area contributed by atoms with Gasteiger partial charge in [-0.2, -0.15) is 5.10 Å². The summed E-state index contributed by atoms with van der Waals surface area (Å²) in [4.78, 5) is 0. The summed E-state index contributed by atoms with van der Waals surface area (Å²) in [6, 6.07) is 15.7. The smallest absolute Gasteiger partial charge is 0.124 e. The Morgan fingerprint density at radius 2 is 1.91 bits per heavy atom. The van der Waals surface area contributed by atoms with Crippen LogP contribution < -0.4 is 0 Å². The van der Waals surface area contributed by atoms with Gasteiger partial charge in [-0.3, -0.25) is 4.68 Å². The number of benzene rings is 2. The number of rotatable bonds is 2. The number of fused-ring (bicyclic) bond motifs is 2. The molecule has 1 atom stereocenters. The van der Waals surface area contributed by atoms with Crippen molar-refractivity contribution < 1.29 is 9.63 Å². The fraction of sp³-hybridized carbons (Fsp3) is 0.111. The van der Waals surface area contributed by atoms with Crippen LogP contribution in [0.4, 0.5) is 0 Å². The number of aliphatic hydroxyl groups is 1. The lowest BCUT2D eigenvalue weighted by atomic mass is 9.86. The Balaban J connectivity index is 1.81. The van der Waals surface area contributed by atoms with Crippen LogP contribution in [-0.2, 0) is 6.54 Å². The Labute approximate surface area is 131 Å². The molecule has 23 heavy (non-hydrogen) atoms. The van der Waals surface area contributed by atoms with Gasteiger partial charge in [0.05, 0.1) is 12.1 Å². The van der Waals surface area contributed by atoms with Crippen molar-refractivity contribution >= 4 is 10.9 Å². The van der Waals surface area contributed by atoms with Crippen LogP contribution in [0, 0.1) is 0 Å². The molecule has 1 aliphatic carbocycles. The molecule has 1 unspecified atom stereocenters. The number of hydrogen-bond donors (Lipinski definition) is 1. The van der Waals surface area contributed by atoms with Crippen LogP contribution in [0.2, 0.25) is 0 Å². The summed E-state index contributed by atoms with van der Waals surface area (Å²) in [5.74, 6) is 0. The fourth-order valence-corrected chi connectivity index (χ4v) is 3.38. The summed E-state index contributed by atoms with van der Waals surface area (Å²) in [6.45, 7) is 0.536. The van der Waals surface area contributed by atoms with E-state index >= 15 is 0 Å². The highest BCUT2D eigenvalue weighted by atomic mass is 16.5. The lowest BCUT2D eigenvalue weighted by Crippen LogP contribution is -2.06. The number of hydrogen-bond acceptors (Lipinski definition) is 4. The molecule has 0 spiro atoms. The molecule has 5 heteroatoms. The second kappa shape index (κ2) is 4.54. The van der Waals surface area contributed by atoms with Gasteiger partial charge in [0.15, 0.2) is 0 Å². The molecule has 2 aromatic heterocycles. The summed E-state index contributed by atoms with van der Waals surface area (Å²) >= 11 is 0. The number of nitrogens with zero attached hydrogens (tertiary/aromatic N) is 3. The van der Waals surface area contributed by atoms with Gasteiger partial charge in [-0.05, 0) is 17.2 Å². The molecule has 0 bridgehead atoms. The highest BCUT2D eigenvalue weighted by Gasteiger charge is 2.28. The van der Waals surface area contributed by atoms with Gasteiger partial charge in [-0.1, -0.05) is 41.6 Å². The van der Waals surface area contributed by atoms with Crippen LogP contribution >= 0.6 is 0 Å². The highest BCUT2D eigenvalue weighted by molar-refractivity contribution is 5.99. The third kappa shape index (κ3) is 1.71. The van der Waals surface area contributed by atoms with E-state index in [1.807, 2.05) is 53.2 Å². The van der Waals surface area contributed by atoms with Crippen molar-refractivity contribution in [3.8, 4) is 11.3 Å². The van der Waals surface area contributed by atoms with Crippen LogP contribution in [0.1, 0.15) is 22.9 Å². The van der Waals surface area contributed by atoms with Gasteiger partial charge in [0.2, 0.25) is 0 Å². The van der Waals surface area contributed by atoms with Crippen molar-refractivity contribution in [2.24, 2.45) is 0 Å². The molecule has 5 rings (SSSR count). The van der Waals surface area contributed by atoms with Gasteiger partial charge in [0, 0.05) is 17.0 Å². The van der Waals surface area contributed by atoms with Gasteiger partial charge in [0.25, 0.3) is 0 Å². The van der Waals surface area contributed by atoms with E-state index in [-0.39, 0.29) is 0 Å². The molecule has 0 saturated heterocycles. The zero-order chi connectivity index (χ0) is 15.4. The Morgan fingerprint density at radius 1 is 1.04 bits per heavy atom. The summed E-state index contributed by atoms with van der Waals surface area (Å²) in [7, 11) is 0. The van der Waals surface area contributed by atoms with Gasteiger partial charge in [0.1, 0.15) is 23.8 Å². The first-order chi connectivity index (χ1) is 11.3. The molecule has 0 fully saturated rings. The van der Waals surface area contributed by atoms with Crippen LogP contribution in [0.5, 0.6) is 0 Å². The first kappa shape index (κ1) is 12.6. The molecule has 1 aliphatic rings. The second-order valence-electron chi connectivity index (χ2n) is 5.73. The van der Waals surface area contributed by atoms with Crippen molar-refractivity contribution in [2.75, 3.05) is 0 Å². The maximum atomic E-state index is 10.7. The lowest BCUT2D eigenvalue weighted by Gasteiger charge is -2.21. The van der Waals surface area contributed by atoms with Crippen LogP contribution in [0.15, 0.2) is 59.3 Å². The zero-order valence-electron chi connectivity index (χ0n) is 12.2. The molecule has 0 aliphatic heterocycles. The van der Waals surface area contributed by atoms with Crippen molar-refractivity contribution in [1.29, 1.82) is 0 Å². The Hall–Kier alpha value is -2.92. The van der Waals surface area contributed by atoms with Crippen LogP contribution in [0.25, 0.3) is 22.2 Å². The molecule has 5 nitrogen and oxygen atoms in total. The van der Waals surface area contributed by atoms with E-state index in [4.69, 9.17) is 9.62 Å². The monoisotopic (exact) mass is 303 g/mol. The fourth-order valence-electron chi connectivity index (χ4n) is 3.38. The summed E-state index contributed by atoms with van der Waals surface area (Å²) in [5, 5.41) is 20.5. The normalized spacial score (nSPS) is 15.8. The molecule has 2 aromatic carbocycles. The van der Waals surface area contributed by atoms with E-state index in [1.165, 1.54) is 0 Å². The zero-order valence-corrected chi connectivity index (χ0v) is 12.2. The standard InChI is InChI=1S/C18H13N3O2/c22-18-13-5-2-1-4-12(13)17-16-14(18)6-3-7-15(16)21(19-17)10-11-8-9-23-20-11/h1-9,18,22H,10H2. The molecule has 0 radical (unpaired) electrons. The van der Waals surface area contributed by atoms with Crippen molar-refractivity contribution in [1.82, 2.24) is 14.9 Å². The van der Waals surface area contributed by atoms with E-state index in [9.17, 15) is 5.11 Å². The lowest BCUT2D eigenvalue weighted by molar-refractivity contribution is 0.221. The van der Waals surface area contributed by atoms with Crippen molar-refractivity contribution in [3.05, 3.63) is 71.6 Å². The molecule has 0 saturated carbocycles. The quantitative estimate of drug-likeness (QED) is 0.618. The molecule has 112 valence electrons. The minimum atomic E-state index is -0.618. The Morgan fingerprint density at radius 3 is 2.78 bits per heavy atom. The maximum Gasteiger partial charge on any atom is 0.124 e. The van der Waals surface area contributed by atoms with Gasteiger partial charge in [-0.25, -0.2) is 0 Å². The highest BCUT2D eigenvalue weighted by Crippen LogP contribution is 2.43. The summed E-state index contributed by atoms with van der Waals surface area (Å²) < 4.78 is 6.83. The minimum absolute atomic E-state index is 0.536. The first-order valence-corrected chi connectivity index (χ1v) is 7.49. The van der Waals surface area contributed by atoms with Gasteiger partial charge in [-0.15, -0.1) is 0 Å². The SMILES string of the molecule is OC1c2ccccc2-c2nn(Cc3ccon3)c3cccc1c23. The molecular formula is C18H13N3O2. The minimum Gasteiger partial charge on any atom is -0.384 e. The van der Waals surface area contributed by atoms with E-state index in [0.717, 1.165) is 39.0 Å². The summed E-state index contributed by atoms with van der Waals surface area (Å²) in [5.41, 5.74) is 5.53. The molecule has 4 aromatic rings. The van der Waals surface area contributed by atoms with Crippen LogP contribution in [-0.4, -0.2) is 20.0 Å². The van der Waals surface area contributed by atoms with E-state index < -0.39 is 6.10 Å². The molecule has 1 N–H and O–H groups in total. The average Bonchev–Trinajstić information content (AvgIpc) is 3.22. The predicted octanol–water partition coefficient (Wildman–Crippen LogP) is 3.13. The first-order valence-electron chi connectivity index (χ1n) is 7.49. The number of aromatic nitrogens is 3. The van der Waals surface area contributed by atoms with E-state index in [1.54, 1.807) is 6.26 Å².